The average Bonchev–Trinajstić information content (AvgIpc) is 3.23. The maximum absolute atomic E-state index is 12.0. The van der Waals surface area contributed by atoms with Gasteiger partial charge in [0, 0.05) is 11.4 Å². The summed E-state index contributed by atoms with van der Waals surface area (Å²) in [6.45, 7) is 0.666. The standard InChI is InChI=1S/C16H16ClN3O4S2/c17-13-9-11(20-6-2-8-26(20,23)24)4-5-14(13)19-16(22)15(21)18-10-12-3-1-7-25-12/h1,3-5,7,9H,2,6,8,10H2,(H,18,21)(H,19,22). The topological polar surface area (TPSA) is 95.6 Å². The first-order valence-corrected chi connectivity index (χ1v) is 10.6. The van der Waals surface area contributed by atoms with Gasteiger partial charge in [0.1, 0.15) is 0 Å². The Hall–Kier alpha value is -2.10. The summed E-state index contributed by atoms with van der Waals surface area (Å²) in [5.41, 5.74) is 0.677. The highest BCUT2D eigenvalue weighted by Gasteiger charge is 2.28. The average molecular weight is 414 g/mol. The molecule has 0 spiro atoms. The van der Waals surface area contributed by atoms with Gasteiger partial charge in [-0.3, -0.25) is 13.9 Å². The number of carbonyl (C=O) groups is 2. The van der Waals surface area contributed by atoms with Crippen molar-refractivity contribution in [2.45, 2.75) is 13.0 Å². The molecule has 2 amide bonds. The van der Waals surface area contributed by atoms with Crippen LogP contribution in [0.2, 0.25) is 5.02 Å². The summed E-state index contributed by atoms with van der Waals surface area (Å²) in [5, 5.41) is 6.99. The fourth-order valence-electron chi connectivity index (χ4n) is 2.53. The Morgan fingerprint density at radius 2 is 2.04 bits per heavy atom. The van der Waals surface area contributed by atoms with E-state index in [2.05, 4.69) is 10.6 Å². The van der Waals surface area contributed by atoms with Gasteiger partial charge in [-0.05, 0) is 36.1 Å². The molecule has 0 atom stereocenters. The largest absolute Gasteiger partial charge is 0.343 e. The molecule has 0 bridgehead atoms. The smallest absolute Gasteiger partial charge is 0.313 e. The van der Waals surface area contributed by atoms with Crippen LogP contribution in [0.25, 0.3) is 0 Å². The van der Waals surface area contributed by atoms with E-state index in [1.807, 2.05) is 17.5 Å². The SMILES string of the molecule is O=C(NCc1cccs1)C(=O)Nc1ccc(N2CCCS2(=O)=O)cc1Cl. The molecular formula is C16H16ClN3O4S2. The molecule has 1 aliphatic heterocycles. The highest BCUT2D eigenvalue weighted by Crippen LogP contribution is 2.31. The van der Waals surface area contributed by atoms with Crippen molar-refractivity contribution in [1.29, 1.82) is 0 Å². The van der Waals surface area contributed by atoms with E-state index in [9.17, 15) is 18.0 Å². The van der Waals surface area contributed by atoms with Crippen molar-refractivity contribution in [1.82, 2.24) is 5.32 Å². The van der Waals surface area contributed by atoms with Crippen LogP contribution in [0.1, 0.15) is 11.3 Å². The van der Waals surface area contributed by atoms with Crippen LogP contribution in [-0.2, 0) is 26.2 Å². The molecule has 26 heavy (non-hydrogen) atoms. The van der Waals surface area contributed by atoms with Gasteiger partial charge in [0.15, 0.2) is 0 Å². The molecule has 10 heteroatoms. The Bertz CT molecular complexity index is 929. The molecule has 0 saturated carbocycles. The van der Waals surface area contributed by atoms with E-state index in [0.29, 0.717) is 18.7 Å². The summed E-state index contributed by atoms with van der Waals surface area (Å²) in [6.07, 6.45) is 0.558. The highest BCUT2D eigenvalue weighted by atomic mass is 35.5. The molecular weight excluding hydrogens is 398 g/mol. The van der Waals surface area contributed by atoms with E-state index in [-0.39, 0.29) is 23.0 Å². The fourth-order valence-corrected chi connectivity index (χ4v) is 4.95. The van der Waals surface area contributed by atoms with Gasteiger partial charge in [-0.2, -0.15) is 0 Å². The van der Waals surface area contributed by atoms with Crippen LogP contribution >= 0.6 is 22.9 Å². The minimum atomic E-state index is -3.31. The predicted molar refractivity (Wildman–Crippen MR) is 102 cm³/mol. The van der Waals surface area contributed by atoms with Crippen LogP contribution in [0.5, 0.6) is 0 Å². The van der Waals surface area contributed by atoms with Crippen LogP contribution < -0.4 is 14.9 Å². The number of hydrogen-bond donors (Lipinski definition) is 2. The molecule has 0 radical (unpaired) electrons. The molecule has 1 saturated heterocycles. The number of nitrogens with zero attached hydrogens (tertiary/aromatic N) is 1. The molecule has 2 heterocycles. The number of hydrogen-bond acceptors (Lipinski definition) is 5. The summed E-state index contributed by atoms with van der Waals surface area (Å²) in [5.74, 6) is -1.52. The van der Waals surface area contributed by atoms with Crippen LogP contribution in [-0.4, -0.2) is 32.5 Å². The van der Waals surface area contributed by atoms with Gasteiger partial charge in [0.05, 0.1) is 28.7 Å². The number of amides is 2. The molecule has 7 nitrogen and oxygen atoms in total. The lowest BCUT2D eigenvalue weighted by Gasteiger charge is -2.18. The lowest BCUT2D eigenvalue weighted by Crippen LogP contribution is -2.34. The predicted octanol–water partition coefficient (Wildman–Crippen LogP) is 2.20. The second-order valence-electron chi connectivity index (χ2n) is 5.62. The zero-order valence-electron chi connectivity index (χ0n) is 13.6. The molecule has 2 aromatic rings. The van der Waals surface area contributed by atoms with E-state index in [0.717, 1.165) is 4.88 Å². The number of sulfonamides is 1. The van der Waals surface area contributed by atoms with Gasteiger partial charge in [-0.15, -0.1) is 11.3 Å². The zero-order valence-corrected chi connectivity index (χ0v) is 16.0. The van der Waals surface area contributed by atoms with Crippen molar-refractivity contribution in [2.24, 2.45) is 0 Å². The normalized spacial score (nSPS) is 15.7. The van der Waals surface area contributed by atoms with Crippen LogP contribution in [0, 0.1) is 0 Å². The maximum atomic E-state index is 12.0. The lowest BCUT2D eigenvalue weighted by atomic mass is 10.2. The van der Waals surface area contributed by atoms with Crippen LogP contribution in [0.3, 0.4) is 0 Å². The Balaban J connectivity index is 1.64. The molecule has 2 N–H and O–H groups in total. The fraction of sp³-hybridized carbons (Fsp3) is 0.250. The number of anilines is 2. The van der Waals surface area contributed by atoms with Gasteiger partial charge in [-0.25, -0.2) is 8.42 Å². The third-order valence-electron chi connectivity index (χ3n) is 3.80. The molecule has 0 aliphatic carbocycles. The van der Waals surface area contributed by atoms with Gasteiger partial charge in [-0.1, -0.05) is 17.7 Å². The summed E-state index contributed by atoms with van der Waals surface area (Å²) in [7, 11) is -3.31. The Kier molecular flexibility index (Phi) is 5.49. The molecule has 3 rings (SSSR count). The van der Waals surface area contributed by atoms with Crippen LogP contribution in [0.15, 0.2) is 35.7 Å². The summed E-state index contributed by atoms with van der Waals surface area (Å²) < 4.78 is 25.2. The zero-order chi connectivity index (χ0) is 18.7. The van der Waals surface area contributed by atoms with E-state index < -0.39 is 21.8 Å². The van der Waals surface area contributed by atoms with E-state index in [1.165, 1.54) is 27.8 Å². The second kappa shape index (κ2) is 7.65. The van der Waals surface area contributed by atoms with Crippen molar-refractivity contribution in [3.63, 3.8) is 0 Å². The lowest BCUT2D eigenvalue weighted by molar-refractivity contribution is -0.136. The maximum Gasteiger partial charge on any atom is 0.313 e. The number of nitrogens with one attached hydrogen (secondary N) is 2. The van der Waals surface area contributed by atoms with Crippen molar-refractivity contribution >= 4 is 56.2 Å². The Morgan fingerprint density at radius 1 is 1.23 bits per heavy atom. The van der Waals surface area contributed by atoms with Crippen LogP contribution in [0.4, 0.5) is 11.4 Å². The van der Waals surface area contributed by atoms with Crippen molar-refractivity contribution in [3.8, 4) is 0 Å². The molecule has 138 valence electrons. The molecule has 1 aromatic heterocycles. The second-order valence-corrected chi connectivity index (χ2v) is 9.07. The number of benzene rings is 1. The summed E-state index contributed by atoms with van der Waals surface area (Å²) in [6, 6.07) is 8.20. The minimum Gasteiger partial charge on any atom is -0.343 e. The van der Waals surface area contributed by atoms with Crippen molar-refractivity contribution in [2.75, 3.05) is 21.9 Å². The third-order valence-corrected chi connectivity index (χ3v) is 6.86. The summed E-state index contributed by atoms with van der Waals surface area (Å²) >= 11 is 7.62. The first kappa shape index (κ1) is 18.7. The first-order valence-electron chi connectivity index (χ1n) is 7.78. The van der Waals surface area contributed by atoms with Crippen molar-refractivity contribution in [3.05, 3.63) is 45.6 Å². The molecule has 1 fully saturated rings. The number of carbonyl (C=O) groups excluding carboxylic acids is 2. The first-order chi connectivity index (χ1) is 12.4. The van der Waals surface area contributed by atoms with Gasteiger partial charge in [0.25, 0.3) is 0 Å². The third kappa shape index (κ3) is 4.17. The van der Waals surface area contributed by atoms with E-state index in [1.54, 1.807) is 6.07 Å². The number of rotatable bonds is 4. The Morgan fingerprint density at radius 3 is 2.65 bits per heavy atom. The van der Waals surface area contributed by atoms with E-state index >= 15 is 0 Å². The number of thiophene rings is 1. The van der Waals surface area contributed by atoms with E-state index in [4.69, 9.17) is 11.6 Å². The molecule has 1 aliphatic rings. The monoisotopic (exact) mass is 413 g/mol. The van der Waals surface area contributed by atoms with Gasteiger partial charge < -0.3 is 10.6 Å². The molecule has 0 unspecified atom stereocenters. The van der Waals surface area contributed by atoms with Gasteiger partial charge in [0.2, 0.25) is 10.0 Å². The molecule has 1 aromatic carbocycles. The highest BCUT2D eigenvalue weighted by molar-refractivity contribution is 7.93. The van der Waals surface area contributed by atoms with Crippen molar-refractivity contribution < 1.29 is 18.0 Å². The minimum absolute atomic E-state index is 0.105. The van der Waals surface area contributed by atoms with Gasteiger partial charge >= 0.3 is 11.8 Å². The summed E-state index contributed by atoms with van der Waals surface area (Å²) in [4.78, 5) is 24.8. The quantitative estimate of drug-likeness (QED) is 0.751. The number of halogens is 1. The Labute approximate surface area is 160 Å².